The zero-order valence-electron chi connectivity index (χ0n) is 33.7. The monoisotopic (exact) mass is 819 g/mol. The number of thiophene rings is 1. The van der Waals surface area contributed by atoms with Crippen molar-refractivity contribution in [1.82, 2.24) is 15.0 Å². The molecule has 3 heterocycles. The summed E-state index contributed by atoms with van der Waals surface area (Å²) in [6, 6.07) is 71.8. The minimum absolute atomic E-state index is 0.511. The van der Waals surface area contributed by atoms with Gasteiger partial charge in [0.2, 0.25) is 0 Å². The van der Waals surface area contributed by atoms with E-state index in [2.05, 4.69) is 140 Å². The second kappa shape index (κ2) is 13.0. The minimum atomic E-state index is -0.511. The number of benzene rings is 9. The van der Waals surface area contributed by atoms with Crippen molar-refractivity contribution in [1.29, 1.82) is 0 Å². The van der Waals surface area contributed by atoms with Crippen molar-refractivity contribution >= 4 is 53.4 Å². The molecule has 0 aliphatic heterocycles. The van der Waals surface area contributed by atoms with Crippen LogP contribution >= 0.6 is 11.3 Å². The van der Waals surface area contributed by atoms with Gasteiger partial charge in [-0.3, -0.25) is 0 Å². The quantitative estimate of drug-likeness (QED) is 0.177. The number of hydrogen-bond acceptors (Lipinski definition) is 5. The second-order valence-electron chi connectivity index (χ2n) is 16.6. The van der Waals surface area contributed by atoms with Crippen LogP contribution in [0.2, 0.25) is 0 Å². The lowest BCUT2D eigenvalue weighted by Gasteiger charge is -2.31. The Morgan fingerprint density at radius 2 is 0.921 bits per heavy atom. The second-order valence-corrected chi connectivity index (χ2v) is 17.7. The van der Waals surface area contributed by atoms with Crippen LogP contribution in [-0.4, -0.2) is 15.0 Å². The topological polar surface area (TPSA) is 51.8 Å². The highest BCUT2D eigenvalue weighted by molar-refractivity contribution is 7.25. The van der Waals surface area contributed by atoms with Gasteiger partial charge in [0.15, 0.2) is 17.5 Å². The van der Waals surface area contributed by atoms with E-state index in [0.29, 0.717) is 17.5 Å². The molecule has 0 bridgehead atoms. The van der Waals surface area contributed by atoms with E-state index in [1.807, 2.05) is 72.0 Å². The van der Waals surface area contributed by atoms with Crippen LogP contribution in [0.15, 0.2) is 205 Å². The molecule has 0 atom stereocenters. The van der Waals surface area contributed by atoms with Gasteiger partial charge in [-0.25, -0.2) is 15.0 Å². The molecule has 5 heteroatoms. The third-order valence-corrected chi connectivity index (χ3v) is 14.5. The molecule has 4 nitrogen and oxygen atoms in total. The summed E-state index contributed by atoms with van der Waals surface area (Å²) in [6.45, 7) is 0. The molecule has 1 spiro atoms. The lowest BCUT2D eigenvalue weighted by Crippen LogP contribution is -2.26. The van der Waals surface area contributed by atoms with Crippen LogP contribution in [0, 0.1) is 0 Å². The van der Waals surface area contributed by atoms with Crippen molar-refractivity contribution in [2.24, 2.45) is 0 Å². The van der Waals surface area contributed by atoms with Gasteiger partial charge in [0, 0.05) is 47.6 Å². The maximum Gasteiger partial charge on any atom is 0.164 e. The predicted molar refractivity (Wildman–Crippen MR) is 258 cm³/mol. The number of rotatable bonds is 4. The zero-order chi connectivity index (χ0) is 41.2. The van der Waals surface area contributed by atoms with Gasteiger partial charge in [0.05, 0.1) is 5.41 Å². The molecule has 0 fully saturated rings. The summed E-state index contributed by atoms with van der Waals surface area (Å²) in [5.41, 5.74) is 16.7. The number of nitrogens with zero attached hydrogens (tertiary/aromatic N) is 3. The highest BCUT2D eigenvalue weighted by Crippen LogP contribution is 2.65. The van der Waals surface area contributed by atoms with Gasteiger partial charge in [0.25, 0.3) is 0 Å². The molecule has 0 saturated heterocycles. The molecule has 0 unspecified atom stereocenters. The third-order valence-electron chi connectivity index (χ3n) is 13.4. The molecular formula is C58H33N3OS. The van der Waals surface area contributed by atoms with Crippen LogP contribution in [0.3, 0.4) is 0 Å². The van der Waals surface area contributed by atoms with E-state index in [1.54, 1.807) is 0 Å². The van der Waals surface area contributed by atoms with Crippen molar-refractivity contribution in [3.05, 3.63) is 222 Å². The molecule has 292 valence electrons. The lowest BCUT2D eigenvalue weighted by molar-refractivity contribution is 0.668. The van der Waals surface area contributed by atoms with Crippen LogP contribution in [-0.2, 0) is 5.41 Å². The first kappa shape index (κ1) is 34.7. The number of aromatic nitrogens is 3. The van der Waals surface area contributed by atoms with E-state index in [1.165, 1.54) is 70.1 Å². The van der Waals surface area contributed by atoms with Crippen molar-refractivity contribution in [2.75, 3.05) is 0 Å². The number of hydrogen-bond donors (Lipinski definition) is 0. The van der Waals surface area contributed by atoms with Gasteiger partial charge >= 0.3 is 0 Å². The van der Waals surface area contributed by atoms with Crippen LogP contribution in [0.1, 0.15) is 22.3 Å². The summed E-state index contributed by atoms with van der Waals surface area (Å²) >= 11 is 1.89. The highest BCUT2D eigenvalue weighted by atomic mass is 32.1. The largest absolute Gasteiger partial charge is 0.456 e. The first-order valence-corrected chi connectivity index (χ1v) is 22.2. The van der Waals surface area contributed by atoms with Gasteiger partial charge in [-0.1, -0.05) is 164 Å². The molecule has 2 aliphatic rings. The average Bonchev–Trinajstić information content (AvgIpc) is 4.08. The molecule has 14 rings (SSSR count). The Morgan fingerprint density at radius 3 is 1.60 bits per heavy atom. The van der Waals surface area contributed by atoms with Crippen LogP contribution in [0.5, 0.6) is 0 Å². The average molecular weight is 820 g/mol. The fraction of sp³-hybridized carbons (Fsp3) is 0.0172. The summed E-state index contributed by atoms with van der Waals surface area (Å²) in [4.78, 5) is 14.8. The van der Waals surface area contributed by atoms with Crippen LogP contribution in [0.25, 0.3) is 110 Å². The van der Waals surface area contributed by atoms with Crippen LogP contribution in [0.4, 0.5) is 0 Å². The molecule has 0 N–H and O–H groups in total. The Morgan fingerprint density at radius 1 is 0.349 bits per heavy atom. The van der Waals surface area contributed by atoms with E-state index in [9.17, 15) is 0 Å². The SMILES string of the molecule is c1ccc(-c2nc(-c3ccccc3)nc(-c3ccc(-c4ccc5c(c4)oc4ccc6c(c45)C4(c5ccccc5-c5ccccc54)c4cc5sc7ccccc7c5cc4-6)cc3)n2)cc1. The van der Waals surface area contributed by atoms with Gasteiger partial charge < -0.3 is 4.42 Å². The molecule has 0 radical (unpaired) electrons. The standard InChI is InChI=1S/C58H33N3OS/c1-3-13-35(14-4-1)55-59-56(36-15-5-2-6-16-36)61-57(60-55)37-25-23-34(24-26-37)38-27-28-43-50(31-38)62-49-30-29-42-44-32-45-41-19-9-12-22-51(41)63-52(45)33-48(44)58(54(42)53(43)49)46-20-10-7-17-39(46)40-18-8-11-21-47(40)58/h1-33H. The van der Waals surface area contributed by atoms with Crippen molar-refractivity contribution in [3.63, 3.8) is 0 Å². The van der Waals surface area contributed by atoms with E-state index < -0.39 is 5.41 Å². The van der Waals surface area contributed by atoms with E-state index in [-0.39, 0.29) is 0 Å². The summed E-state index contributed by atoms with van der Waals surface area (Å²) in [5.74, 6) is 1.93. The van der Waals surface area contributed by atoms with E-state index >= 15 is 0 Å². The molecule has 0 amide bonds. The fourth-order valence-corrected chi connectivity index (χ4v) is 11.8. The van der Waals surface area contributed by atoms with Crippen molar-refractivity contribution < 1.29 is 4.42 Å². The maximum absolute atomic E-state index is 6.92. The maximum atomic E-state index is 6.92. The third kappa shape index (κ3) is 4.88. The van der Waals surface area contributed by atoms with Gasteiger partial charge in [-0.2, -0.15) is 0 Å². The fourth-order valence-electron chi connectivity index (χ4n) is 10.6. The first-order valence-electron chi connectivity index (χ1n) is 21.3. The zero-order valence-corrected chi connectivity index (χ0v) is 34.5. The van der Waals surface area contributed by atoms with Crippen molar-refractivity contribution in [2.45, 2.75) is 5.41 Å². The van der Waals surface area contributed by atoms with E-state index in [4.69, 9.17) is 19.4 Å². The van der Waals surface area contributed by atoms with Gasteiger partial charge in [0.1, 0.15) is 11.2 Å². The Kier molecular flexibility index (Phi) is 7.16. The first-order chi connectivity index (χ1) is 31.2. The molecule has 9 aromatic carbocycles. The van der Waals surface area contributed by atoms with Crippen LogP contribution < -0.4 is 0 Å². The Hall–Kier alpha value is -7.99. The lowest BCUT2D eigenvalue weighted by atomic mass is 9.69. The van der Waals surface area contributed by atoms with Crippen molar-refractivity contribution in [3.8, 4) is 67.5 Å². The normalized spacial score (nSPS) is 13.2. The number of fused-ring (bicyclic) bond motifs is 17. The molecule has 63 heavy (non-hydrogen) atoms. The molecule has 2 aliphatic carbocycles. The minimum Gasteiger partial charge on any atom is -0.456 e. The van der Waals surface area contributed by atoms with Gasteiger partial charge in [-0.05, 0) is 92.0 Å². The molecule has 12 aromatic rings. The summed E-state index contributed by atoms with van der Waals surface area (Å²) in [5, 5.41) is 4.93. The predicted octanol–water partition coefficient (Wildman–Crippen LogP) is 15.2. The summed E-state index contributed by atoms with van der Waals surface area (Å²) in [6.07, 6.45) is 0. The Bertz CT molecular complexity index is 3750. The Labute approximate surface area is 366 Å². The molecule has 0 saturated carbocycles. The molecular weight excluding hydrogens is 787 g/mol. The Balaban J connectivity index is 0.936. The highest BCUT2D eigenvalue weighted by Gasteiger charge is 2.53. The van der Waals surface area contributed by atoms with Gasteiger partial charge in [-0.15, -0.1) is 11.3 Å². The molecule has 3 aromatic heterocycles. The smallest absolute Gasteiger partial charge is 0.164 e. The summed E-state index contributed by atoms with van der Waals surface area (Å²) < 4.78 is 9.55. The van der Waals surface area contributed by atoms with E-state index in [0.717, 1.165) is 44.4 Å². The summed E-state index contributed by atoms with van der Waals surface area (Å²) in [7, 11) is 0. The number of furan rings is 1.